The number of benzene rings is 1. The number of hydrogen-bond acceptors (Lipinski definition) is 5. The molecule has 1 aromatic heterocycles. The summed E-state index contributed by atoms with van der Waals surface area (Å²) in [4.78, 5) is 16.9. The predicted molar refractivity (Wildman–Crippen MR) is 89.8 cm³/mol. The minimum absolute atomic E-state index is 0.0389. The maximum Gasteiger partial charge on any atom is 0.318 e. The summed E-state index contributed by atoms with van der Waals surface area (Å²) < 4.78 is 19.7. The number of amides is 1. The molecular weight excluding hydrogens is 323 g/mol. The summed E-state index contributed by atoms with van der Waals surface area (Å²) in [7, 11) is 0. The normalized spacial score (nSPS) is 19.1. The van der Waals surface area contributed by atoms with E-state index < -0.39 is 5.41 Å². The topological polar surface area (TPSA) is 62.5 Å². The van der Waals surface area contributed by atoms with Gasteiger partial charge >= 0.3 is 6.01 Å². The molecule has 0 N–H and O–H groups in total. The average molecular weight is 344 g/mol. The first-order valence-electron chi connectivity index (χ1n) is 8.76. The Labute approximate surface area is 145 Å². The van der Waals surface area contributed by atoms with Crippen LogP contribution in [-0.4, -0.2) is 47.2 Å². The Bertz CT molecular complexity index is 779. The number of nitrogens with zero attached hydrogens (tertiary/aromatic N) is 4. The van der Waals surface area contributed by atoms with Gasteiger partial charge in [0.05, 0.1) is 5.41 Å². The van der Waals surface area contributed by atoms with Gasteiger partial charge in [-0.05, 0) is 18.9 Å². The molecule has 6 nitrogen and oxygen atoms in total. The molecule has 2 aliphatic rings. The first kappa shape index (κ1) is 16.1. The molecule has 7 heteroatoms. The third-order valence-electron chi connectivity index (χ3n) is 5.14. The molecule has 0 spiro atoms. The Morgan fingerprint density at radius 2 is 1.92 bits per heavy atom. The predicted octanol–water partition coefficient (Wildman–Crippen LogP) is 2.15. The summed E-state index contributed by atoms with van der Waals surface area (Å²) in [6, 6.07) is 7.14. The monoisotopic (exact) mass is 344 g/mol. The zero-order chi connectivity index (χ0) is 17.4. The van der Waals surface area contributed by atoms with Crippen LogP contribution in [0.15, 0.2) is 28.7 Å². The fourth-order valence-corrected chi connectivity index (χ4v) is 3.49. The Hall–Kier alpha value is -2.44. The molecular formula is C18H21FN4O2. The van der Waals surface area contributed by atoms with E-state index in [9.17, 15) is 9.18 Å². The van der Waals surface area contributed by atoms with Crippen molar-refractivity contribution < 1.29 is 13.6 Å². The lowest BCUT2D eigenvalue weighted by atomic mass is 9.93. The number of halogens is 1. The minimum atomic E-state index is -0.659. The molecule has 0 bridgehead atoms. The second-order valence-electron chi connectivity index (χ2n) is 6.67. The number of hydrogen-bond donors (Lipinski definition) is 0. The molecule has 1 aromatic carbocycles. The first-order chi connectivity index (χ1) is 12.1. The van der Waals surface area contributed by atoms with Crippen molar-refractivity contribution in [3.63, 3.8) is 0 Å². The summed E-state index contributed by atoms with van der Waals surface area (Å²) in [5.41, 5.74) is -0.125. The van der Waals surface area contributed by atoms with Crippen molar-refractivity contribution in [1.82, 2.24) is 15.1 Å². The van der Waals surface area contributed by atoms with Gasteiger partial charge in [-0.25, -0.2) is 4.39 Å². The number of rotatable bonds is 4. The van der Waals surface area contributed by atoms with Crippen molar-refractivity contribution in [2.45, 2.75) is 31.6 Å². The van der Waals surface area contributed by atoms with E-state index in [1.54, 1.807) is 18.2 Å². The van der Waals surface area contributed by atoms with Crippen molar-refractivity contribution in [3.8, 4) is 0 Å². The lowest BCUT2D eigenvalue weighted by molar-refractivity contribution is -0.134. The van der Waals surface area contributed by atoms with Gasteiger partial charge in [0, 0.05) is 38.2 Å². The van der Waals surface area contributed by atoms with Gasteiger partial charge in [0.25, 0.3) is 0 Å². The lowest BCUT2D eigenvalue weighted by Crippen LogP contribution is -2.51. The molecule has 2 fully saturated rings. The van der Waals surface area contributed by atoms with E-state index in [0.717, 1.165) is 12.8 Å². The fourth-order valence-electron chi connectivity index (χ4n) is 3.49. The maximum atomic E-state index is 14.2. The molecule has 1 saturated heterocycles. The molecule has 25 heavy (non-hydrogen) atoms. The summed E-state index contributed by atoms with van der Waals surface area (Å²) in [6.45, 7) is 4.42. The van der Waals surface area contributed by atoms with Crippen LogP contribution in [0.4, 0.5) is 10.4 Å². The zero-order valence-corrected chi connectivity index (χ0v) is 14.2. The third-order valence-corrected chi connectivity index (χ3v) is 5.14. The summed E-state index contributed by atoms with van der Waals surface area (Å²) in [6.07, 6.45) is 2.14. The maximum absolute atomic E-state index is 14.2. The molecule has 0 radical (unpaired) electrons. The molecule has 0 atom stereocenters. The Balaban J connectivity index is 1.44. The van der Waals surface area contributed by atoms with Crippen molar-refractivity contribution in [2.24, 2.45) is 0 Å². The van der Waals surface area contributed by atoms with Crippen LogP contribution in [0.3, 0.4) is 0 Å². The quantitative estimate of drug-likeness (QED) is 0.850. The second-order valence-corrected chi connectivity index (χ2v) is 6.67. The molecule has 1 aliphatic carbocycles. The van der Waals surface area contributed by atoms with E-state index in [0.29, 0.717) is 50.1 Å². The van der Waals surface area contributed by atoms with E-state index in [-0.39, 0.29) is 11.7 Å². The van der Waals surface area contributed by atoms with Gasteiger partial charge in [-0.3, -0.25) is 4.79 Å². The summed E-state index contributed by atoms with van der Waals surface area (Å²) in [5.74, 6) is 0.368. The van der Waals surface area contributed by atoms with Crippen LogP contribution < -0.4 is 4.90 Å². The highest BCUT2D eigenvalue weighted by molar-refractivity contribution is 5.91. The smallest absolute Gasteiger partial charge is 0.318 e. The van der Waals surface area contributed by atoms with Gasteiger partial charge in [0.2, 0.25) is 11.8 Å². The Kier molecular flexibility index (Phi) is 3.94. The number of carbonyl (C=O) groups is 1. The summed E-state index contributed by atoms with van der Waals surface area (Å²) in [5, 5.41) is 8.04. The second kappa shape index (κ2) is 6.13. The first-order valence-corrected chi connectivity index (χ1v) is 8.76. The Morgan fingerprint density at radius 3 is 2.52 bits per heavy atom. The molecule has 4 rings (SSSR count). The lowest BCUT2D eigenvalue weighted by Gasteiger charge is -2.35. The van der Waals surface area contributed by atoms with Crippen LogP contribution in [0.5, 0.6) is 0 Å². The molecule has 0 unspecified atom stereocenters. The van der Waals surface area contributed by atoms with Gasteiger partial charge in [-0.1, -0.05) is 30.2 Å². The highest BCUT2D eigenvalue weighted by Crippen LogP contribution is 2.50. The van der Waals surface area contributed by atoms with Gasteiger partial charge < -0.3 is 14.2 Å². The molecule has 132 valence electrons. The van der Waals surface area contributed by atoms with Crippen molar-refractivity contribution in [1.29, 1.82) is 0 Å². The van der Waals surface area contributed by atoms with Crippen LogP contribution in [0, 0.1) is 5.82 Å². The molecule has 2 aromatic rings. The van der Waals surface area contributed by atoms with Gasteiger partial charge in [-0.2, -0.15) is 0 Å². The number of anilines is 1. The summed E-state index contributed by atoms with van der Waals surface area (Å²) >= 11 is 0. The van der Waals surface area contributed by atoms with Crippen LogP contribution >= 0.6 is 0 Å². The third kappa shape index (κ3) is 2.77. The highest BCUT2D eigenvalue weighted by atomic mass is 19.1. The SMILES string of the molecule is CCc1nnc(N2CCN(C(=O)C3(c4ccccc4F)CC3)CC2)o1. The fraction of sp³-hybridized carbons (Fsp3) is 0.500. The van der Waals surface area contributed by atoms with Gasteiger partial charge in [0.15, 0.2) is 0 Å². The Morgan fingerprint density at radius 1 is 1.20 bits per heavy atom. The number of carbonyl (C=O) groups excluding carboxylic acids is 1. The van der Waals surface area contributed by atoms with E-state index in [1.807, 2.05) is 16.7 Å². The number of piperazine rings is 1. The van der Waals surface area contributed by atoms with Crippen molar-refractivity contribution >= 4 is 11.9 Å². The van der Waals surface area contributed by atoms with Crippen LogP contribution in [0.1, 0.15) is 31.2 Å². The molecule has 1 saturated carbocycles. The molecule has 1 aliphatic heterocycles. The molecule has 2 heterocycles. The van der Waals surface area contributed by atoms with E-state index in [1.165, 1.54) is 6.07 Å². The largest absolute Gasteiger partial charge is 0.408 e. The van der Waals surface area contributed by atoms with Crippen molar-refractivity contribution in [3.05, 3.63) is 41.5 Å². The highest BCUT2D eigenvalue weighted by Gasteiger charge is 2.54. The van der Waals surface area contributed by atoms with Gasteiger partial charge in [-0.15, -0.1) is 5.10 Å². The van der Waals surface area contributed by atoms with E-state index in [2.05, 4.69) is 10.2 Å². The van der Waals surface area contributed by atoms with Gasteiger partial charge in [0.1, 0.15) is 5.82 Å². The number of aryl methyl sites for hydroxylation is 1. The average Bonchev–Trinajstić information content (AvgIpc) is 3.31. The number of aromatic nitrogens is 2. The van der Waals surface area contributed by atoms with Crippen LogP contribution in [0.25, 0.3) is 0 Å². The van der Waals surface area contributed by atoms with E-state index >= 15 is 0 Å². The standard InChI is InChI=1S/C18H21FN4O2/c1-2-15-20-21-17(25-15)23-11-9-22(10-12-23)16(24)18(7-8-18)13-5-3-4-6-14(13)19/h3-6H,2,7-12H2,1H3. The van der Waals surface area contributed by atoms with Crippen molar-refractivity contribution in [2.75, 3.05) is 31.1 Å². The minimum Gasteiger partial charge on any atom is -0.408 e. The zero-order valence-electron chi connectivity index (χ0n) is 14.2. The molecule has 1 amide bonds. The van der Waals surface area contributed by atoms with Crippen LogP contribution in [-0.2, 0) is 16.6 Å². The van der Waals surface area contributed by atoms with Crippen LogP contribution in [0.2, 0.25) is 0 Å². The van der Waals surface area contributed by atoms with E-state index in [4.69, 9.17) is 4.42 Å².